The van der Waals surface area contributed by atoms with Crippen LogP contribution in [0, 0.1) is 5.92 Å². The summed E-state index contributed by atoms with van der Waals surface area (Å²) in [7, 11) is 0. The Hall–Kier alpha value is -2.56. The first-order chi connectivity index (χ1) is 16.9. The lowest BCUT2D eigenvalue weighted by molar-refractivity contribution is -0.163. The maximum absolute atomic E-state index is 13.1. The normalized spacial score (nSPS) is 24.3. The van der Waals surface area contributed by atoms with Gasteiger partial charge < -0.3 is 10.1 Å². The van der Waals surface area contributed by atoms with Crippen molar-refractivity contribution in [2.45, 2.75) is 63.2 Å². The third kappa shape index (κ3) is 4.92. The second kappa shape index (κ2) is 9.15. The van der Waals surface area contributed by atoms with Gasteiger partial charge in [-0.3, -0.25) is 9.69 Å². The standard InChI is InChI=1S/C25H27F2N5O2S/c26-25(27)13-32(14-25)18-7-16(8-18)23(33)31-24-30-20-6-5-15(9-21(20)35-24)17-10-28-22(29-11-17)12-34-19-3-1-2-4-19/h5-6,9-11,16,18-19H,1-4,7-8,12-14H2,(H,30,31,33). The summed E-state index contributed by atoms with van der Waals surface area (Å²) in [4.78, 5) is 27.8. The molecule has 0 radical (unpaired) electrons. The van der Waals surface area contributed by atoms with E-state index in [4.69, 9.17) is 4.74 Å². The first-order valence-corrected chi connectivity index (χ1v) is 13.0. The Morgan fingerprint density at radius 1 is 1.14 bits per heavy atom. The second-order valence-corrected chi connectivity index (χ2v) is 10.9. The number of carbonyl (C=O) groups excluding carboxylic acids is 1. The maximum atomic E-state index is 13.1. The number of benzene rings is 1. The van der Waals surface area contributed by atoms with Gasteiger partial charge >= 0.3 is 0 Å². The molecule has 2 saturated carbocycles. The summed E-state index contributed by atoms with van der Waals surface area (Å²) in [5, 5.41) is 3.46. The van der Waals surface area contributed by atoms with Crippen molar-refractivity contribution < 1.29 is 18.3 Å². The zero-order valence-electron chi connectivity index (χ0n) is 19.3. The number of carbonyl (C=O) groups is 1. The molecular weight excluding hydrogens is 472 g/mol. The van der Waals surface area contributed by atoms with Crippen LogP contribution in [0.4, 0.5) is 13.9 Å². The van der Waals surface area contributed by atoms with E-state index < -0.39 is 5.92 Å². The summed E-state index contributed by atoms with van der Waals surface area (Å²) < 4.78 is 33.0. The zero-order valence-corrected chi connectivity index (χ0v) is 20.1. The Bertz CT molecular complexity index is 1210. The van der Waals surface area contributed by atoms with E-state index >= 15 is 0 Å². The molecule has 0 spiro atoms. The summed E-state index contributed by atoms with van der Waals surface area (Å²) in [6.07, 6.45) is 9.92. The van der Waals surface area contributed by atoms with Gasteiger partial charge in [-0.2, -0.15) is 0 Å². The average Bonchev–Trinajstić information content (AvgIpc) is 3.44. The summed E-state index contributed by atoms with van der Waals surface area (Å²) in [5.41, 5.74) is 2.70. The number of nitrogens with one attached hydrogen (secondary N) is 1. The van der Waals surface area contributed by atoms with Crippen molar-refractivity contribution in [1.29, 1.82) is 0 Å². The monoisotopic (exact) mass is 499 g/mol. The summed E-state index contributed by atoms with van der Waals surface area (Å²) in [6.45, 7) is 0.0660. The predicted molar refractivity (Wildman–Crippen MR) is 129 cm³/mol. The van der Waals surface area contributed by atoms with Crippen LogP contribution in [0.1, 0.15) is 44.3 Å². The molecule has 35 heavy (non-hydrogen) atoms. The number of halogens is 2. The van der Waals surface area contributed by atoms with E-state index in [2.05, 4.69) is 20.3 Å². The van der Waals surface area contributed by atoms with E-state index in [1.54, 1.807) is 4.90 Å². The van der Waals surface area contributed by atoms with Crippen molar-refractivity contribution in [3.63, 3.8) is 0 Å². The van der Waals surface area contributed by atoms with E-state index in [-0.39, 0.29) is 31.0 Å². The molecule has 1 aliphatic heterocycles. The highest BCUT2D eigenvalue weighted by Gasteiger charge is 2.50. The highest BCUT2D eigenvalue weighted by Crippen LogP contribution is 2.39. The first kappa shape index (κ1) is 22.9. The lowest BCUT2D eigenvalue weighted by atomic mass is 9.77. The Balaban J connectivity index is 1.05. The van der Waals surface area contributed by atoms with Crippen molar-refractivity contribution in [2.24, 2.45) is 5.92 Å². The molecule has 3 fully saturated rings. The molecule has 10 heteroatoms. The molecule has 6 rings (SSSR count). The Morgan fingerprint density at radius 3 is 2.60 bits per heavy atom. The molecule has 3 aromatic rings. The van der Waals surface area contributed by atoms with Crippen LogP contribution >= 0.6 is 11.3 Å². The summed E-state index contributed by atoms with van der Waals surface area (Å²) >= 11 is 1.42. The number of nitrogens with zero attached hydrogens (tertiary/aromatic N) is 4. The van der Waals surface area contributed by atoms with Crippen LogP contribution < -0.4 is 5.32 Å². The molecule has 1 saturated heterocycles. The van der Waals surface area contributed by atoms with Gasteiger partial charge in [0.05, 0.1) is 29.4 Å². The van der Waals surface area contributed by atoms with Crippen molar-refractivity contribution >= 4 is 32.6 Å². The van der Waals surface area contributed by atoms with E-state index in [9.17, 15) is 13.6 Å². The van der Waals surface area contributed by atoms with Crippen LogP contribution in [-0.4, -0.2) is 56.9 Å². The van der Waals surface area contributed by atoms with Gasteiger partial charge in [-0.05, 0) is 43.4 Å². The fourth-order valence-electron chi connectivity index (χ4n) is 5.10. The molecule has 7 nitrogen and oxygen atoms in total. The van der Waals surface area contributed by atoms with E-state index in [1.165, 1.54) is 24.2 Å². The molecule has 2 aromatic heterocycles. The quantitative estimate of drug-likeness (QED) is 0.499. The number of amides is 1. The number of alkyl halides is 2. The van der Waals surface area contributed by atoms with Gasteiger partial charge in [-0.1, -0.05) is 30.2 Å². The fraction of sp³-hybridized carbons (Fsp3) is 0.520. The number of hydrogen-bond acceptors (Lipinski definition) is 7. The Kier molecular flexibility index (Phi) is 5.98. The van der Waals surface area contributed by atoms with Gasteiger partial charge in [0.2, 0.25) is 5.91 Å². The molecule has 1 amide bonds. The lowest BCUT2D eigenvalue weighted by Crippen LogP contribution is -2.63. The minimum Gasteiger partial charge on any atom is -0.370 e. The molecule has 1 N–H and O–H groups in total. The van der Waals surface area contributed by atoms with Gasteiger partial charge in [-0.25, -0.2) is 23.7 Å². The molecule has 0 atom stereocenters. The van der Waals surface area contributed by atoms with Crippen molar-refractivity contribution in [1.82, 2.24) is 19.9 Å². The van der Waals surface area contributed by atoms with E-state index in [0.717, 1.165) is 34.2 Å². The van der Waals surface area contributed by atoms with Crippen molar-refractivity contribution in [3.8, 4) is 11.1 Å². The van der Waals surface area contributed by atoms with Crippen LogP contribution in [0.15, 0.2) is 30.6 Å². The van der Waals surface area contributed by atoms with Gasteiger partial charge in [0.15, 0.2) is 11.0 Å². The Labute approximate surface area is 205 Å². The molecule has 1 aromatic carbocycles. The lowest BCUT2D eigenvalue weighted by Gasteiger charge is -2.49. The summed E-state index contributed by atoms with van der Waals surface area (Å²) in [6, 6.07) is 6.02. The molecule has 184 valence electrons. The van der Waals surface area contributed by atoms with Crippen LogP contribution in [0.5, 0.6) is 0 Å². The smallest absolute Gasteiger partial charge is 0.272 e. The number of fused-ring (bicyclic) bond motifs is 1. The first-order valence-electron chi connectivity index (χ1n) is 12.2. The van der Waals surface area contributed by atoms with Crippen LogP contribution in [0.3, 0.4) is 0 Å². The number of anilines is 1. The maximum Gasteiger partial charge on any atom is 0.272 e. The number of aromatic nitrogens is 3. The van der Waals surface area contributed by atoms with E-state index in [0.29, 0.717) is 36.5 Å². The second-order valence-electron chi connectivity index (χ2n) is 9.88. The van der Waals surface area contributed by atoms with Gasteiger partial charge in [0.1, 0.15) is 6.61 Å². The highest BCUT2D eigenvalue weighted by atomic mass is 32.1. The molecule has 3 heterocycles. The van der Waals surface area contributed by atoms with Gasteiger partial charge in [0, 0.05) is 29.9 Å². The number of likely N-dealkylation sites (tertiary alicyclic amines) is 1. The largest absolute Gasteiger partial charge is 0.370 e. The number of rotatable bonds is 7. The fourth-order valence-corrected chi connectivity index (χ4v) is 6.01. The molecule has 0 unspecified atom stereocenters. The van der Waals surface area contributed by atoms with Crippen LogP contribution in [-0.2, 0) is 16.1 Å². The predicted octanol–water partition coefficient (Wildman–Crippen LogP) is 4.88. The summed E-state index contributed by atoms with van der Waals surface area (Å²) in [5.74, 6) is -2.11. The highest BCUT2D eigenvalue weighted by molar-refractivity contribution is 7.22. The number of ether oxygens (including phenoxy) is 1. The van der Waals surface area contributed by atoms with E-state index in [1.807, 2.05) is 30.6 Å². The SMILES string of the molecule is O=C(Nc1nc2ccc(-c3cnc(COC4CCCC4)nc3)cc2s1)C1CC(N2CC(F)(F)C2)C1. The molecular formula is C25H27F2N5O2S. The third-order valence-corrected chi connectivity index (χ3v) is 8.21. The van der Waals surface area contributed by atoms with Crippen LogP contribution in [0.2, 0.25) is 0 Å². The van der Waals surface area contributed by atoms with Crippen molar-refractivity contribution in [3.05, 3.63) is 36.4 Å². The van der Waals surface area contributed by atoms with Gasteiger partial charge in [0.25, 0.3) is 5.92 Å². The number of hydrogen-bond donors (Lipinski definition) is 1. The number of thiazole rings is 1. The minimum absolute atomic E-state index is 0.0865. The minimum atomic E-state index is -2.56. The molecule has 2 aliphatic carbocycles. The third-order valence-electron chi connectivity index (χ3n) is 7.28. The zero-order chi connectivity index (χ0) is 24.0. The van der Waals surface area contributed by atoms with Gasteiger partial charge in [-0.15, -0.1) is 0 Å². The topological polar surface area (TPSA) is 80.2 Å². The van der Waals surface area contributed by atoms with Crippen molar-refractivity contribution in [2.75, 3.05) is 18.4 Å². The molecule has 3 aliphatic rings. The average molecular weight is 500 g/mol. The Morgan fingerprint density at radius 2 is 1.89 bits per heavy atom. The van der Waals surface area contributed by atoms with Crippen LogP contribution in [0.25, 0.3) is 21.3 Å². The molecule has 0 bridgehead atoms.